The highest BCUT2D eigenvalue weighted by Crippen LogP contribution is 2.19. The van der Waals surface area contributed by atoms with Crippen molar-refractivity contribution in [3.63, 3.8) is 0 Å². The second-order valence-corrected chi connectivity index (χ2v) is 4.51. The third-order valence-electron chi connectivity index (χ3n) is 2.88. The van der Waals surface area contributed by atoms with E-state index in [9.17, 15) is 4.79 Å². The van der Waals surface area contributed by atoms with Crippen molar-refractivity contribution in [2.24, 2.45) is 0 Å². The Labute approximate surface area is 114 Å². The molecule has 1 rings (SSSR count). The normalized spacial score (nSPS) is 11.6. The molecule has 1 atom stereocenters. The maximum Gasteiger partial charge on any atom is 0.220 e. The van der Waals surface area contributed by atoms with Crippen molar-refractivity contribution >= 4 is 11.6 Å². The Morgan fingerprint density at radius 2 is 2.16 bits per heavy atom. The van der Waals surface area contributed by atoms with E-state index in [4.69, 9.17) is 10.5 Å². The minimum absolute atomic E-state index is 0.0583. The molecule has 104 valence electrons. The van der Waals surface area contributed by atoms with Crippen LogP contribution in [0.2, 0.25) is 0 Å². The average Bonchev–Trinajstić information content (AvgIpc) is 2.39. The lowest BCUT2D eigenvalue weighted by molar-refractivity contribution is -0.121. The standard InChI is InChI=1S/C15H22N2O2/c1-3-19-10-4-9-17-15(18)11-12(2)13-5-7-14(16)8-6-13/h3,5-8,12H,1,4,9-11,16H2,2H3,(H,17,18). The van der Waals surface area contributed by atoms with Gasteiger partial charge in [-0.1, -0.05) is 25.6 Å². The highest BCUT2D eigenvalue weighted by Gasteiger charge is 2.10. The maximum atomic E-state index is 11.7. The molecule has 0 saturated heterocycles. The summed E-state index contributed by atoms with van der Waals surface area (Å²) < 4.78 is 4.98. The largest absolute Gasteiger partial charge is 0.502 e. The molecule has 0 heterocycles. The molecule has 0 fully saturated rings. The fourth-order valence-corrected chi connectivity index (χ4v) is 1.76. The number of amides is 1. The van der Waals surface area contributed by atoms with Crippen molar-refractivity contribution in [2.45, 2.75) is 25.7 Å². The molecule has 1 aromatic carbocycles. The summed E-state index contributed by atoms with van der Waals surface area (Å²) in [5.41, 5.74) is 7.50. The van der Waals surface area contributed by atoms with E-state index in [2.05, 4.69) is 11.9 Å². The molecule has 19 heavy (non-hydrogen) atoms. The summed E-state index contributed by atoms with van der Waals surface area (Å²) in [6.07, 6.45) is 2.67. The Bertz CT molecular complexity index is 401. The van der Waals surface area contributed by atoms with Crippen LogP contribution in [0.3, 0.4) is 0 Å². The van der Waals surface area contributed by atoms with Crippen LogP contribution in [-0.4, -0.2) is 19.1 Å². The third kappa shape index (κ3) is 5.95. The van der Waals surface area contributed by atoms with Gasteiger partial charge in [0, 0.05) is 18.7 Å². The van der Waals surface area contributed by atoms with Crippen LogP contribution in [0.5, 0.6) is 0 Å². The van der Waals surface area contributed by atoms with Crippen LogP contribution in [0.15, 0.2) is 37.1 Å². The van der Waals surface area contributed by atoms with Gasteiger partial charge < -0.3 is 15.8 Å². The van der Waals surface area contributed by atoms with Crippen LogP contribution in [0, 0.1) is 0 Å². The monoisotopic (exact) mass is 262 g/mol. The number of rotatable bonds is 8. The van der Waals surface area contributed by atoms with Gasteiger partial charge in [-0.2, -0.15) is 0 Å². The van der Waals surface area contributed by atoms with E-state index < -0.39 is 0 Å². The maximum absolute atomic E-state index is 11.7. The molecule has 0 aliphatic rings. The van der Waals surface area contributed by atoms with Crippen LogP contribution >= 0.6 is 0 Å². The van der Waals surface area contributed by atoms with Gasteiger partial charge in [0.1, 0.15) is 0 Å². The van der Waals surface area contributed by atoms with Gasteiger partial charge in [-0.05, 0) is 30.0 Å². The smallest absolute Gasteiger partial charge is 0.220 e. The number of nitrogen functional groups attached to an aromatic ring is 1. The summed E-state index contributed by atoms with van der Waals surface area (Å²) in [6.45, 7) is 6.69. The number of nitrogens with one attached hydrogen (secondary N) is 1. The summed E-state index contributed by atoms with van der Waals surface area (Å²) in [4.78, 5) is 11.7. The summed E-state index contributed by atoms with van der Waals surface area (Å²) in [5, 5.41) is 2.88. The first-order chi connectivity index (χ1) is 9.13. The topological polar surface area (TPSA) is 64.3 Å². The van der Waals surface area contributed by atoms with Crippen LogP contribution in [-0.2, 0) is 9.53 Å². The number of carbonyl (C=O) groups is 1. The molecule has 0 aliphatic heterocycles. The van der Waals surface area contributed by atoms with E-state index in [1.807, 2.05) is 31.2 Å². The third-order valence-corrected chi connectivity index (χ3v) is 2.88. The Hall–Kier alpha value is -1.97. The van der Waals surface area contributed by atoms with Gasteiger partial charge in [0.2, 0.25) is 5.91 Å². The quantitative estimate of drug-likeness (QED) is 0.429. The van der Waals surface area contributed by atoms with Crippen LogP contribution in [0.25, 0.3) is 0 Å². The highest BCUT2D eigenvalue weighted by atomic mass is 16.5. The lowest BCUT2D eigenvalue weighted by Gasteiger charge is -2.12. The fraction of sp³-hybridized carbons (Fsp3) is 0.400. The lowest BCUT2D eigenvalue weighted by atomic mass is 9.97. The van der Waals surface area contributed by atoms with Crippen molar-refractivity contribution in [1.82, 2.24) is 5.32 Å². The Morgan fingerprint density at radius 1 is 1.47 bits per heavy atom. The molecule has 0 saturated carbocycles. The molecular weight excluding hydrogens is 240 g/mol. The van der Waals surface area contributed by atoms with E-state index in [0.717, 1.165) is 17.7 Å². The van der Waals surface area contributed by atoms with Gasteiger partial charge in [0.05, 0.1) is 12.9 Å². The number of carbonyl (C=O) groups excluding carboxylic acids is 1. The number of hydrogen-bond donors (Lipinski definition) is 2. The molecule has 3 N–H and O–H groups in total. The summed E-state index contributed by atoms with van der Waals surface area (Å²) in [5.74, 6) is 0.243. The van der Waals surface area contributed by atoms with Crippen molar-refractivity contribution in [3.05, 3.63) is 42.7 Å². The Balaban J connectivity index is 2.27. The SMILES string of the molecule is C=COCCCNC(=O)CC(C)c1ccc(N)cc1. The molecule has 1 aromatic rings. The van der Waals surface area contributed by atoms with Crippen LogP contribution < -0.4 is 11.1 Å². The van der Waals surface area contributed by atoms with E-state index in [1.165, 1.54) is 6.26 Å². The minimum Gasteiger partial charge on any atom is -0.502 e. The van der Waals surface area contributed by atoms with Crippen molar-refractivity contribution in [2.75, 3.05) is 18.9 Å². The van der Waals surface area contributed by atoms with E-state index in [0.29, 0.717) is 19.6 Å². The zero-order chi connectivity index (χ0) is 14.1. The van der Waals surface area contributed by atoms with E-state index >= 15 is 0 Å². The van der Waals surface area contributed by atoms with Crippen molar-refractivity contribution < 1.29 is 9.53 Å². The number of hydrogen-bond acceptors (Lipinski definition) is 3. The van der Waals surface area contributed by atoms with Gasteiger partial charge in [-0.25, -0.2) is 0 Å². The highest BCUT2D eigenvalue weighted by molar-refractivity contribution is 5.76. The number of benzene rings is 1. The molecule has 0 aliphatic carbocycles. The molecular formula is C15H22N2O2. The summed E-state index contributed by atoms with van der Waals surface area (Å²) in [6, 6.07) is 7.64. The second kappa shape index (κ2) is 8.19. The number of nitrogens with two attached hydrogens (primary N) is 1. The first-order valence-electron chi connectivity index (χ1n) is 6.48. The second-order valence-electron chi connectivity index (χ2n) is 4.51. The van der Waals surface area contributed by atoms with Gasteiger partial charge in [0.25, 0.3) is 0 Å². The molecule has 0 bridgehead atoms. The van der Waals surface area contributed by atoms with Crippen LogP contribution in [0.4, 0.5) is 5.69 Å². The average molecular weight is 262 g/mol. The lowest BCUT2D eigenvalue weighted by Crippen LogP contribution is -2.26. The van der Waals surface area contributed by atoms with E-state index in [1.54, 1.807) is 0 Å². The molecule has 0 radical (unpaired) electrons. The summed E-state index contributed by atoms with van der Waals surface area (Å²) in [7, 11) is 0. The van der Waals surface area contributed by atoms with E-state index in [-0.39, 0.29) is 11.8 Å². The molecule has 1 unspecified atom stereocenters. The molecule has 1 amide bonds. The number of ether oxygens (including phenoxy) is 1. The molecule has 0 aromatic heterocycles. The van der Waals surface area contributed by atoms with Gasteiger partial charge in [-0.15, -0.1) is 0 Å². The predicted octanol–water partition coefficient (Wildman–Crippen LogP) is 2.43. The van der Waals surface area contributed by atoms with Gasteiger partial charge in [-0.3, -0.25) is 4.79 Å². The first kappa shape index (κ1) is 15.1. The van der Waals surface area contributed by atoms with Crippen LogP contribution in [0.1, 0.15) is 31.2 Å². The Kier molecular flexibility index (Phi) is 6.50. The minimum atomic E-state index is 0.0583. The molecule has 0 spiro atoms. The zero-order valence-corrected chi connectivity index (χ0v) is 11.4. The molecule has 4 nitrogen and oxygen atoms in total. The predicted molar refractivity (Wildman–Crippen MR) is 77.7 cm³/mol. The van der Waals surface area contributed by atoms with Gasteiger partial charge >= 0.3 is 0 Å². The summed E-state index contributed by atoms with van der Waals surface area (Å²) >= 11 is 0. The molecule has 4 heteroatoms. The van der Waals surface area contributed by atoms with Crippen molar-refractivity contribution in [3.8, 4) is 0 Å². The van der Waals surface area contributed by atoms with Gasteiger partial charge in [0.15, 0.2) is 0 Å². The fourth-order valence-electron chi connectivity index (χ4n) is 1.76. The zero-order valence-electron chi connectivity index (χ0n) is 11.4. The number of anilines is 1. The Morgan fingerprint density at radius 3 is 2.79 bits per heavy atom. The first-order valence-corrected chi connectivity index (χ1v) is 6.48. The van der Waals surface area contributed by atoms with Crippen molar-refractivity contribution in [1.29, 1.82) is 0 Å².